The molecule has 3 aromatic carbocycles. The Balaban J connectivity index is 0.000000410. The maximum atomic E-state index is 2.68. The summed E-state index contributed by atoms with van der Waals surface area (Å²) in [4.78, 5) is 12.6. The maximum Gasteiger partial charge on any atom is 0.0248 e. The zero-order chi connectivity index (χ0) is 70.5. The van der Waals surface area contributed by atoms with Gasteiger partial charge in [-0.25, -0.2) is 0 Å². The summed E-state index contributed by atoms with van der Waals surface area (Å²) in [6.45, 7) is 104. The minimum atomic E-state index is 0.131. The van der Waals surface area contributed by atoms with Crippen molar-refractivity contribution in [2.24, 2.45) is 22.7 Å². The van der Waals surface area contributed by atoms with Gasteiger partial charge in [0.05, 0.1) is 0 Å². The number of hydrogen-bond acceptors (Lipinski definition) is 5. The molecule has 0 saturated carbocycles. The summed E-state index contributed by atoms with van der Waals surface area (Å²) in [5.74, 6) is 1.61. The van der Waals surface area contributed by atoms with Gasteiger partial charge in [0.2, 0.25) is 0 Å². The van der Waals surface area contributed by atoms with Gasteiger partial charge >= 0.3 is 0 Å². The Hall–Kier alpha value is -2.54. The minimum Gasteiger partial charge on any atom is -0.298 e. The van der Waals surface area contributed by atoms with E-state index >= 15 is 0 Å². The molecule has 0 spiro atoms. The Kier molecular flexibility index (Phi) is 26.0. The topological polar surface area (TPSA) is 16.2 Å². The lowest BCUT2D eigenvalue weighted by molar-refractivity contribution is 0.115. The Morgan fingerprint density at radius 3 is 0.843 bits per heavy atom. The zero-order valence-corrected chi connectivity index (χ0v) is 68.2. The lowest BCUT2D eigenvalue weighted by Gasteiger charge is -2.38. The van der Waals surface area contributed by atoms with Crippen LogP contribution in [0.15, 0.2) is 30.3 Å². The van der Waals surface area contributed by atoms with Gasteiger partial charge in [-0.2, -0.15) is 0 Å². The van der Waals surface area contributed by atoms with Crippen molar-refractivity contribution in [1.29, 1.82) is 0 Å². The molecule has 1 saturated heterocycles. The molecule has 0 aliphatic carbocycles. The van der Waals surface area contributed by atoms with E-state index in [4.69, 9.17) is 0 Å². The zero-order valence-electron chi connectivity index (χ0n) is 68.2. The highest BCUT2D eigenvalue weighted by Crippen LogP contribution is 2.48. The van der Waals surface area contributed by atoms with Gasteiger partial charge in [-0.3, -0.25) is 24.5 Å². The van der Waals surface area contributed by atoms with Crippen LogP contribution < -0.4 is 0 Å². The van der Waals surface area contributed by atoms with Crippen LogP contribution >= 0.6 is 0 Å². The van der Waals surface area contributed by atoms with E-state index in [9.17, 15) is 0 Å². The van der Waals surface area contributed by atoms with Crippen LogP contribution in [0.5, 0.6) is 0 Å². The fourth-order valence-electron chi connectivity index (χ4n) is 13.1. The summed E-state index contributed by atoms with van der Waals surface area (Å²) in [5, 5.41) is 0. The van der Waals surface area contributed by atoms with Gasteiger partial charge in [0.1, 0.15) is 0 Å². The van der Waals surface area contributed by atoms with E-state index in [1.807, 2.05) is 0 Å². The monoisotopic (exact) mass is 1230 g/mol. The fourth-order valence-corrected chi connectivity index (χ4v) is 13.1. The number of likely N-dealkylation sites (tertiary alicyclic amines) is 1. The van der Waals surface area contributed by atoms with Crippen LogP contribution in [0.3, 0.4) is 0 Å². The second-order valence-corrected chi connectivity index (χ2v) is 41.6. The number of hydrogen-bond donors (Lipinski definition) is 0. The van der Waals surface area contributed by atoms with Crippen molar-refractivity contribution in [1.82, 2.24) is 24.5 Å². The van der Waals surface area contributed by atoms with E-state index in [0.717, 1.165) is 44.6 Å². The molecule has 1 fully saturated rings. The number of rotatable bonds is 6. The van der Waals surface area contributed by atoms with Crippen LogP contribution in [0.1, 0.15) is 342 Å². The van der Waals surface area contributed by atoms with Crippen molar-refractivity contribution in [3.63, 3.8) is 0 Å². The highest BCUT2D eigenvalue weighted by Gasteiger charge is 2.47. The highest BCUT2D eigenvalue weighted by molar-refractivity contribution is 5.57. The molecule has 5 nitrogen and oxygen atoms in total. The molecule has 2 heterocycles. The summed E-state index contributed by atoms with van der Waals surface area (Å²) in [5.41, 5.74) is 22.5. The van der Waals surface area contributed by atoms with Crippen molar-refractivity contribution < 1.29 is 0 Å². The van der Waals surface area contributed by atoms with Gasteiger partial charge in [0.25, 0.3) is 0 Å². The van der Waals surface area contributed by atoms with Crippen LogP contribution in [0.2, 0.25) is 0 Å². The number of benzene rings is 3. The predicted molar refractivity (Wildman–Crippen MR) is 401 cm³/mol. The van der Waals surface area contributed by atoms with Gasteiger partial charge < -0.3 is 0 Å². The van der Waals surface area contributed by atoms with Crippen LogP contribution in [-0.2, 0) is 65.2 Å². The van der Waals surface area contributed by atoms with E-state index in [2.05, 4.69) is 360 Å². The molecule has 0 radical (unpaired) electrons. The van der Waals surface area contributed by atoms with Crippen LogP contribution in [0.25, 0.3) is 0 Å². The molecule has 5 heteroatoms. The number of fused-ring (bicyclic) bond motifs is 1. The molecule has 0 bridgehead atoms. The second kappa shape index (κ2) is 28.0. The van der Waals surface area contributed by atoms with E-state index in [-0.39, 0.29) is 54.6 Å². The Morgan fingerprint density at radius 1 is 0.337 bits per heavy atom. The predicted octanol–water partition coefficient (Wildman–Crippen LogP) is 22.7. The first-order chi connectivity index (χ1) is 39.0. The van der Waals surface area contributed by atoms with Crippen molar-refractivity contribution in [2.75, 3.05) is 34.2 Å². The second-order valence-electron chi connectivity index (χ2n) is 41.6. The van der Waals surface area contributed by atoms with Crippen LogP contribution in [0, 0.1) is 36.5 Å². The van der Waals surface area contributed by atoms with E-state index in [1.54, 1.807) is 22.3 Å². The van der Waals surface area contributed by atoms with Crippen LogP contribution in [-0.4, -0.2) is 86.4 Å². The Morgan fingerprint density at radius 2 is 0.607 bits per heavy atom. The standard InChI is InChI=1S/C26H48N2.C22H37N.C20H35N.C16H33N/c1-23(2,3)21-15-19(17-27(13)25(7,8)9)20(16-22(21)24(4,5)6)18-28(14)26(10,11)12;1-14-16-12-23(22(9,10)11)13-17(16)15(2)19(21(6,7)8)18(14)20(3,4)5;1-18(2,3)16-12-11-15(13-17(16)19(4,5)6)14-21(10)20(7,8)9;1-14(2,3)12-10-17(16(7,8)9)11-13(12)15(4,5)6/h15-16H,17-18H2,1-14H3;12-13H2,1-11H3;11-13H,14H2,1-10H3;12-13H,10-11H2,1-9H3. The third kappa shape index (κ3) is 23.1. The Labute approximate surface area is 557 Å². The first kappa shape index (κ1) is 82.6. The molecule has 0 amide bonds. The van der Waals surface area contributed by atoms with Crippen molar-refractivity contribution in [2.45, 2.75) is 377 Å². The molecule has 514 valence electrons. The molecule has 89 heavy (non-hydrogen) atoms. The smallest absolute Gasteiger partial charge is 0.0248 e. The molecule has 2 atom stereocenters. The van der Waals surface area contributed by atoms with Gasteiger partial charge in [-0.1, -0.05) is 197 Å². The van der Waals surface area contributed by atoms with E-state index in [1.165, 1.54) is 63.2 Å². The van der Waals surface area contributed by atoms with Crippen molar-refractivity contribution >= 4 is 0 Å². The normalized spacial score (nSPS) is 17.6. The third-order valence-corrected chi connectivity index (χ3v) is 20.2. The van der Waals surface area contributed by atoms with E-state index < -0.39 is 0 Å². The summed E-state index contributed by atoms with van der Waals surface area (Å²) >= 11 is 0. The van der Waals surface area contributed by atoms with E-state index in [0.29, 0.717) is 16.4 Å². The first-order valence-electron chi connectivity index (χ1n) is 35.1. The van der Waals surface area contributed by atoms with Gasteiger partial charge in [0, 0.05) is 73.5 Å². The summed E-state index contributed by atoms with van der Waals surface area (Å²) in [6.07, 6.45) is 0. The van der Waals surface area contributed by atoms with Gasteiger partial charge in [-0.15, -0.1) is 0 Å². The molecule has 2 aliphatic heterocycles. The molecular formula is C84H153N5. The average Bonchev–Trinajstić information content (AvgIpc) is 2.78. The molecule has 0 N–H and O–H groups in total. The summed E-state index contributed by atoms with van der Waals surface area (Å²) in [6, 6.07) is 12.1. The average molecular weight is 1230 g/mol. The molecule has 2 unspecified atom stereocenters. The van der Waals surface area contributed by atoms with Crippen molar-refractivity contribution in [3.8, 4) is 0 Å². The molecule has 0 aromatic heterocycles. The third-order valence-electron chi connectivity index (χ3n) is 20.2. The highest BCUT2D eigenvalue weighted by atomic mass is 15.2. The molecule has 2 aliphatic rings. The van der Waals surface area contributed by atoms with Crippen molar-refractivity contribution in [3.05, 3.63) is 103 Å². The number of nitrogens with zero attached hydrogens (tertiary/aromatic N) is 5. The first-order valence-corrected chi connectivity index (χ1v) is 35.1. The Bertz CT molecular complexity index is 2630. The molecule has 3 aromatic rings. The lowest BCUT2D eigenvalue weighted by Crippen LogP contribution is -2.40. The molecule has 5 rings (SSSR count). The molecular weight excluding hydrogens is 1080 g/mol. The van der Waals surface area contributed by atoms with Gasteiger partial charge in [0.15, 0.2) is 0 Å². The quantitative estimate of drug-likeness (QED) is 0.244. The van der Waals surface area contributed by atoms with Crippen LogP contribution in [0.4, 0.5) is 0 Å². The minimum absolute atomic E-state index is 0.131. The summed E-state index contributed by atoms with van der Waals surface area (Å²) < 4.78 is 0. The lowest BCUT2D eigenvalue weighted by atomic mass is 9.66. The fraction of sp³-hybridized carbons (Fsp3) is 0.786. The SMILES string of the molecule is CC(C)(C)C1CN(C(C)(C)C)CC1C(C)(C)C.CN(Cc1cc(C(C)(C)C)c(C(C)(C)C)cc1CN(C)C(C)(C)C)C(C)(C)C.CN(Cc1ccc(C(C)(C)C)c(C(C)(C)C)c1)C(C)(C)C.Cc1c2c(c(C)c(C(C)(C)C)c1C(C)(C)C)CN(C(C)(C)C)C2. The maximum absolute atomic E-state index is 2.68. The van der Waals surface area contributed by atoms with Gasteiger partial charge in [-0.05, 0) is 266 Å². The largest absolute Gasteiger partial charge is 0.298 e. The summed E-state index contributed by atoms with van der Waals surface area (Å²) in [7, 11) is 6.69.